The van der Waals surface area contributed by atoms with Gasteiger partial charge in [-0.15, -0.1) is 11.3 Å². The molecule has 9 nitrogen and oxygen atoms in total. The van der Waals surface area contributed by atoms with Crippen LogP contribution in [0.3, 0.4) is 0 Å². The lowest BCUT2D eigenvalue weighted by molar-refractivity contribution is -0.384. The normalized spacial score (nSPS) is 11.7. The molecule has 3 rings (SSSR count). The molecule has 2 heterocycles. The quantitative estimate of drug-likeness (QED) is 0.365. The Kier molecular flexibility index (Phi) is 5.74. The van der Waals surface area contributed by atoms with Gasteiger partial charge in [-0.05, 0) is 26.8 Å². The number of benzene rings is 1. The Morgan fingerprint density at radius 2 is 2.07 bits per heavy atom. The molecule has 10 heteroatoms. The van der Waals surface area contributed by atoms with Crippen LogP contribution in [-0.4, -0.2) is 27.9 Å². The fraction of sp³-hybridized carbons (Fsp3) is 0.211. The van der Waals surface area contributed by atoms with E-state index in [2.05, 4.69) is 10.3 Å². The average molecular weight is 415 g/mol. The minimum Gasteiger partial charge on any atom is -0.466 e. The highest BCUT2D eigenvalue weighted by molar-refractivity contribution is 7.14. The van der Waals surface area contributed by atoms with E-state index in [0.29, 0.717) is 22.8 Å². The molecule has 0 spiro atoms. The summed E-state index contributed by atoms with van der Waals surface area (Å²) in [5, 5.41) is 15.4. The Bertz CT molecular complexity index is 1090. The SMILES string of the molecule is Cc1cc(C(=O)OC(C)C(=O)Nc2nc(-c3cccc([N+](=O)[O-])c3)cs2)c(C)o1. The van der Waals surface area contributed by atoms with Gasteiger partial charge < -0.3 is 9.15 Å². The van der Waals surface area contributed by atoms with Crippen molar-refractivity contribution < 1.29 is 23.7 Å². The van der Waals surface area contributed by atoms with Gasteiger partial charge in [-0.25, -0.2) is 9.78 Å². The third-order valence-corrected chi connectivity index (χ3v) is 4.76. The molecule has 0 aliphatic carbocycles. The second kappa shape index (κ2) is 8.23. The van der Waals surface area contributed by atoms with E-state index in [1.807, 2.05) is 0 Å². The van der Waals surface area contributed by atoms with E-state index in [-0.39, 0.29) is 16.4 Å². The van der Waals surface area contributed by atoms with E-state index in [1.54, 1.807) is 37.4 Å². The zero-order chi connectivity index (χ0) is 21.1. The number of nitrogens with zero attached hydrogens (tertiary/aromatic N) is 2. The Morgan fingerprint density at radius 1 is 1.31 bits per heavy atom. The summed E-state index contributed by atoms with van der Waals surface area (Å²) >= 11 is 1.16. The van der Waals surface area contributed by atoms with Crippen LogP contribution in [-0.2, 0) is 9.53 Å². The van der Waals surface area contributed by atoms with Crippen LogP contribution in [0.1, 0.15) is 28.8 Å². The molecule has 1 unspecified atom stereocenters. The number of nitro benzene ring substituents is 1. The van der Waals surface area contributed by atoms with Gasteiger partial charge in [0.1, 0.15) is 17.1 Å². The number of rotatable bonds is 6. The molecule has 3 aromatic rings. The summed E-state index contributed by atoms with van der Waals surface area (Å²) in [4.78, 5) is 39.2. The van der Waals surface area contributed by atoms with E-state index >= 15 is 0 Å². The molecular weight excluding hydrogens is 398 g/mol. The summed E-state index contributed by atoms with van der Waals surface area (Å²) in [6.45, 7) is 4.80. The molecule has 1 N–H and O–H groups in total. The van der Waals surface area contributed by atoms with Crippen LogP contribution < -0.4 is 5.32 Å². The van der Waals surface area contributed by atoms with Gasteiger partial charge in [0.25, 0.3) is 11.6 Å². The Hall–Kier alpha value is -3.53. The Labute approximate surface area is 169 Å². The topological polar surface area (TPSA) is 125 Å². The number of hydrogen-bond acceptors (Lipinski definition) is 8. The van der Waals surface area contributed by atoms with Gasteiger partial charge in [-0.1, -0.05) is 12.1 Å². The molecule has 1 aromatic carbocycles. The number of hydrogen-bond donors (Lipinski definition) is 1. The fourth-order valence-electron chi connectivity index (χ4n) is 2.56. The number of aryl methyl sites for hydroxylation is 2. The van der Waals surface area contributed by atoms with Crippen LogP contribution in [0.2, 0.25) is 0 Å². The lowest BCUT2D eigenvalue weighted by Gasteiger charge is -2.11. The van der Waals surface area contributed by atoms with Crippen LogP contribution in [0.5, 0.6) is 0 Å². The highest BCUT2D eigenvalue weighted by atomic mass is 32.1. The highest BCUT2D eigenvalue weighted by Gasteiger charge is 2.23. The predicted octanol–water partition coefficient (Wildman–Crippen LogP) is 4.11. The number of furan rings is 1. The summed E-state index contributed by atoms with van der Waals surface area (Å²) < 4.78 is 10.5. The van der Waals surface area contributed by atoms with Crippen LogP contribution in [0.25, 0.3) is 11.3 Å². The summed E-state index contributed by atoms with van der Waals surface area (Å²) in [6, 6.07) is 7.59. The average Bonchev–Trinajstić information content (AvgIpc) is 3.27. The molecule has 0 aliphatic heterocycles. The molecule has 2 aromatic heterocycles. The number of nitro groups is 1. The number of anilines is 1. The minimum atomic E-state index is -1.05. The molecule has 1 amide bonds. The Morgan fingerprint density at radius 3 is 2.72 bits per heavy atom. The van der Waals surface area contributed by atoms with Crippen molar-refractivity contribution in [1.82, 2.24) is 4.98 Å². The van der Waals surface area contributed by atoms with Gasteiger partial charge in [0.15, 0.2) is 11.2 Å². The lowest BCUT2D eigenvalue weighted by Crippen LogP contribution is -2.30. The van der Waals surface area contributed by atoms with Crippen molar-refractivity contribution in [1.29, 1.82) is 0 Å². The standard InChI is InChI=1S/C19H17N3O6S/c1-10-7-15(11(2)27-10)18(24)28-12(3)17(23)21-19-20-16(9-29-19)13-5-4-6-14(8-13)22(25)26/h4-9,12H,1-3H3,(H,20,21,23). The van der Waals surface area contributed by atoms with E-state index in [1.165, 1.54) is 19.1 Å². The predicted molar refractivity (Wildman–Crippen MR) is 106 cm³/mol. The molecular formula is C19H17N3O6S. The zero-order valence-corrected chi connectivity index (χ0v) is 16.6. The highest BCUT2D eigenvalue weighted by Crippen LogP contribution is 2.27. The molecule has 0 aliphatic rings. The van der Waals surface area contributed by atoms with Gasteiger partial charge in [-0.3, -0.25) is 20.2 Å². The molecule has 0 saturated carbocycles. The maximum Gasteiger partial charge on any atom is 0.342 e. The summed E-state index contributed by atoms with van der Waals surface area (Å²) in [5.41, 5.74) is 1.26. The van der Waals surface area contributed by atoms with Crippen molar-refractivity contribution in [3.05, 3.63) is 62.9 Å². The van der Waals surface area contributed by atoms with Gasteiger partial charge in [0, 0.05) is 23.1 Å². The van der Waals surface area contributed by atoms with Gasteiger partial charge in [-0.2, -0.15) is 0 Å². The van der Waals surface area contributed by atoms with Crippen LogP contribution in [0, 0.1) is 24.0 Å². The van der Waals surface area contributed by atoms with E-state index in [0.717, 1.165) is 11.3 Å². The molecule has 0 saturated heterocycles. The van der Waals surface area contributed by atoms with Crippen LogP contribution in [0.4, 0.5) is 10.8 Å². The third kappa shape index (κ3) is 4.66. The molecule has 0 bridgehead atoms. The number of non-ortho nitro benzene ring substituents is 1. The summed E-state index contributed by atoms with van der Waals surface area (Å²) in [5.74, 6) is -0.209. The van der Waals surface area contributed by atoms with E-state index < -0.39 is 22.9 Å². The molecule has 0 fully saturated rings. The van der Waals surface area contributed by atoms with E-state index in [4.69, 9.17) is 9.15 Å². The number of thiazole rings is 1. The van der Waals surface area contributed by atoms with Crippen molar-refractivity contribution in [3.63, 3.8) is 0 Å². The van der Waals surface area contributed by atoms with Gasteiger partial charge >= 0.3 is 5.97 Å². The number of carbonyl (C=O) groups is 2. The van der Waals surface area contributed by atoms with E-state index in [9.17, 15) is 19.7 Å². The maximum atomic E-state index is 12.3. The number of aromatic nitrogens is 1. The zero-order valence-electron chi connectivity index (χ0n) is 15.8. The monoisotopic (exact) mass is 415 g/mol. The molecule has 150 valence electrons. The Balaban J connectivity index is 1.65. The minimum absolute atomic E-state index is 0.0496. The smallest absolute Gasteiger partial charge is 0.342 e. The first-order chi connectivity index (χ1) is 13.7. The number of amides is 1. The van der Waals surface area contributed by atoms with Crippen molar-refractivity contribution in [2.75, 3.05) is 5.32 Å². The number of ether oxygens (including phenoxy) is 1. The summed E-state index contributed by atoms with van der Waals surface area (Å²) in [7, 11) is 0. The molecule has 1 atom stereocenters. The second-order valence-electron chi connectivity index (χ2n) is 6.21. The first-order valence-corrected chi connectivity index (χ1v) is 9.42. The number of nitrogens with one attached hydrogen (secondary N) is 1. The van der Waals surface area contributed by atoms with Crippen LogP contribution in [0.15, 0.2) is 40.1 Å². The van der Waals surface area contributed by atoms with Gasteiger partial charge in [0.2, 0.25) is 0 Å². The van der Waals surface area contributed by atoms with Crippen LogP contribution >= 0.6 is 11.3 Å². The second-order valence-corrected chi connectivity index (χ2v) is 7.07. The van der Waals surface area contributed by atoms with Crippen molar-refractivity contribution >= 4 is 34.0 Å². The maximum absolute atomic E-state index is 12.3. The number of esters is 1. The van der Waals surface area contributed by atoms with Gasteiger partial charge in [0.05, 0.1) is 10.6 Å². The first-order valence-electron chi connectivity index (χ1n) is 8.54. The van der Waals surface area contributed by atoms with Crippen molar-refractivity contribution in [3.8, 4) is 11.3 Å². The third-order valence-electron chi connectivity index (χ3n) is 4.00. The fourth-order valence-corrected chi connectivity index (χ4v) is 3.28. The summed E-state index contributed by atoms with van der Waals surface area (Å²) in [6.07, 6.45) is -1.05. The lowest BCUT2D eigenvalue weighted by atomic mass is 10.1. The first kappa shape index (κ1) is 20.2. The van der Waals surface area contributed by atoms with Crippen molar-refractivity contribution in [2.45, 2.75) is 26.9 Å². The molecule has 0 radical (unpaired) electrons. The number of carbonyl (C=O) groups excluding carboxylic acids is 2. The largest absolute Gasteiger partial charge is 0.466 e. The molecule has 29 heavy (non-hydrogen) atoms. The van der Waals surface area contributed by atoms with Crippen molar-refractivity contribution in [2.24, 2.45) is 0 Å².